The van der Waals surface area contributed by atoms with Gasteiger partial charge in [0.25, 0.3) is 0 Å². The SMILES string of the molecule is Cl.O=C1CCc2ccccc2N1CC(=O)N1CCNCC1c1ccccc1Cl. The van der Waals surface area contributed by atoms with E-state index in [1.54, 1.807) is 4.90 Å². The van der Waals surface area contributed by atoms with Gasteiger partial charge in [-0.15, -0.1) is 12.4 Å². The molecule has 0 saturated carbocycles. The molecule has 0 aliphatic carbocycles. The van der Waals surface area contributed by atoms with E-state index in [0.29, 0.717) is 24.5 Å². The number of amides is 2. The number of carbonyl (C=O) groups excluding carboxylic acids is 2. The molecule has 1 fully saturated rings. The minimum Gasteiger partial charge on any atom is -0.331 e. The third kappa shape index (κ3) is 4.02. The summed E-state index contributed by atoms with van der Waals surface area (Å²) in [6.45, 7) is 2.05. The van der Waals surface area contributed by atoms with Crippen LogP contribution in [0.4, 0.5) is 5.69 Å². The van der Waals surface area contributed by atoms with Crippen LogP contribution < -0.4 is 10.2 Å². The number of aryl methyl sites for hydroxylation is 1. The molecule has 0 bridgehead atoms. The number of anilines is 1. The third-order valence-corrected chi connectivity index (χ3v) is 5.66. The van der Waals surface area contributed by atoms with Crippen LogP contribution >= 0.6 is 24.0 Å². The third-order valence-electron chi connectivity index (χ3n) is 5.31. The number of hydrogen-bond donors (Lipinski definition) is 1. The average Bonchev–Trinajstić information content (AvgIpc) is 2.70. The second-order valence-electron chi connectivity index (χ2n) is 6.94. The lowest BCUT2D eigenvalue weighted by Gasteiger charge is -2.38. The van der Waals surface area contributed by atoms with Crippen LogP contribution in [-0.2, 0) is 16.0 Å². The first kappa shape index (κ1) is 20.6. The van der Waals surface area contributed by atoms with Crippen LogP contribution in [0.25, 0.3) is 0 Å². The van der Waals surface area contributed by atoms with Gasteiger partial charge in [-0.1, -0.05) is 48.0 Å². The van der Waals surface area contributed by atoms with Crippen molar-refractivity contribution in [3.05, 3.63) is 64.7 Å². The molecule has 1 N–H and O–H groups in total. The molecule has 148 valence electrons. The number of benzene rings is 2. The first-order chi connectivity index (χ1) is 13.1. The molecule has 1 atom stereocenters. The summed E-state index contributed by atoms with van der Waals surface area (Å²) in [5.74, 6) is -0.0436. The zero-order valence-corrected chi connectivity index (χ0v) is 17.0. The van der Waals surface area contributed by atoms with Gasteiger partial charge < -0.3 is 15.1 Å². The molecule has 1 unspecified atom stereocenters. The number of halogens is 2. The van der Waals surface area contributed by atoms with Gasteiger partial charge in [0.15, 0.2) is 0 Å². The molecular formula is C21H23Cl2N3O2. The lowest BCUT2D eigenvalue weighted by atomic mass is 10.0. The first-order valence-electron chi connectivity index (χ1n) is 9.28. The van der Waals surface area contributed by atoms with Crippen molar-refractivity contribution >= 4 is 41.5 Å². The van der Waals surface area contributed by atoms with Gasteiger partial charge in [-0.2, -0.15) is 0 Å². The van der Waals surface area contributed by atoms with Crippen LogP contribution in [0.1, 0.15) is 23.6 Å². The highest BCUT2D eigenvalue weighted by atomic mass is 35.5. The topological polar surface area (TPSA) is 52.7 Å². The molecule has 4 rings (SSSR count). The largest absolute Gasteiger partial charge is 0.331 e. The van der Waals surface area contributed by atoms with Crippen LogP contribution in [0, 0.1) is 0 Å². The minimum absolute atomic E-state index is 0. The van der Waals surface area contributed by atoms with Gasteiger partial charge in [0.1, 0.15) is 6.54 Å². The zero-order valence-electron chi connectivity index (χ0n) is 15.4. The van der Waals surface area contributed by atoms with Crippen LogP contribution in [0.2, 0.25) is 5.02 Å². The molecule has 7 heteroatoms. The summed E-state index contributed by atoms with van der Waals surface area (Å²) in [7, 11) is 0. The van der Waals surface area contributed by atoms with Crippen molar-refractivity contribution in [3.8, 4) is 0 Å². The Bertz CT molecular complexity index is 874. The lowest BCUT2D eigenvalue weighted by Crippen LogP contribution is -2.52. The molecular weight excluding hydrogens is 397 g/mol. The Balaban J connectivity index is 0.00000225. The molecule has 1 saturated heterocycles. The normalized spacial score (nSPS) is 19.0. The van der Waals surface area contributed by atoms with E-state index in [9.17, 15) is 9.59 Å². The Morgan fingerprint density at radius 2 is 1.86 bits per heavy atom. The van der Waals surface area contributed by atoms with Crippen molar-refractivity contribution in [2.24, 2.45) is 0 Å². The fourth-order valence-corrected chi connectivity index (χ4v) is 4.18. The van der Waals surface area contributed by atoms with Crippen molar-refractivity contribution in [1.82, 2.24) is 10.2 Å². The summed E-state index contributed by atoms with van der Waals surface area (Å²) in [5.41, 5.74) is 2.91. The highest BCUT2D eigenvalue weighted by Crippen LogP contribution is 2.30. The van der Waals surface area contributed by atoms with Gasteiger partial charge in [-0.3, -0.25) is 9.59 Å². The fraction of sp³-hybridized carbons (Fsp3) is 0.333. The second kappa shape index (κ2) is 8.95. The molecule has 2 aromatic rings. The zero-order chi connectivity index (χ0) is 18.8. The van der Waals surface area contributed by atoms with Crippen LogP contribution in [0.15, 0.2) is 48.5 Å². The number of fused-ring (bicyclic) bond motifs is 1. The summed E-state index contributed by atoms with van der Waals surface area (Å²) in [5, 5.41) is 4.00. The van der Waals surface area contributed by atoms with Crippen molar-refractivity contribution < 1.29 is 9.59 Å². The number of rotatable bonds is 3. The van der Waals surface area contributed by atoms with Crippen LogP contribution in [-0.4, -0.2) is 42.9 Å². The Morgan fingerprint density at radius 1 is 1.11 bits per heavy atom. The molecule has 2 aromatic carbocycles. The molecule has 0 radical (unpaired) electrons. The van der Waals surface area contributed by atoms with Crippen molar-refractivity contribution in [2.75, 3.05) is 31.1 Å². The maximum absolute atomic E-state index is 13.2. The van der Waals surface area contributed by atoms with Crippen LogP contribution in [0.3, 0.4) is 0 Å². The molecule has 5 nitrogen and oxygen atoms in total. The highest BCUT2D eigenvalue weighted by Gasteiger charge is 2.32. The number of para-hydroxylation sites is 1. The summed E-state index contributed by atoms with van der Waals surface area (Å²) >= 11 is 6.38. The summed E-state index contributed by atoms with van der Waals surface area (Å²) in [6, 6.07) is 15.3. The molecule has 0 aromatic heterocycles. The maximum atomic E-state index is 13.2. The van der Waals surface area contributed by atoms with Crippen molar-refractivity contribution in [3.63, 3.8) is 0 Å². The van der Waals surface area contributed by atoms with Crippen LogP contribution in [0.5, 0.6) is 0 Å². The number of nitrogens with one attached hydrogen (secondary N) is 1. The number of nitrogens with zero attached hydrogens (tertiary/aromatic N) is 2. The van der Waals surface area contributed by atoms with E-state index in [4.69, 9.17) is 11.6 Å². The fourth-order valence-electron chi connectivity index (χ4n) is 3.92. The Hall–Kier alpha value is -2.08. The number of carbonyl (C=O) groups is 2. The van der Waals surface area contributed by atoms with Crippen molar-refractivity contribution in [1.29, 1.82) is 0 Å². The van der Waals surface area contributed by atoms with Gasteiger partial charge >= 0.3 is 0 Å². The monoisotopic (exact) mass is 419 g/mol. The van der Waals surface area contributed by atoms with Gasteiger partial charge in [0.05, 0.1) is 6.04 Å². The highest BCUT2D eigenvalue weighted by molar-refractivity contribution is 6.31. The first-order valence-corrected chi connectivity index (χ1v) is 9.66. The summed E-state index contributed by atoms with van der Waals surface area (Å²) in [6.07, 6.45) is 1.18. The average molecular weight is 420 g/mol. The Morgan fingerprint density at radius 3 is 2.68 bits per heavy atom. The van der Waals surface area contributed by atoms with E-state index < -0.39 is 0 Å². The van der Waals surface area contributed by atoms with E-state index in [1.165, 1.54) is 0 Å². The molecule has 0 spiro atoms. The molecule has 28 heavy (non-hydrogen) atoms. The van der Waals surface area contributed by atoms with E-state index in [2.05, 4.69) is 5.32 Å². The molecule has 2 aliphatic heterocycles. The predicted molar refractivity (Wildman–Crippen MR) is 113 cm³/mol. The quantitative estimate of drug-likeness (QED) is 0.830. The maximum Gasteiger partial charge on any atom is 0.243 e. The molecule has 2 amide bonds. The van der Waals surface area contributed by atoms with E-state index >= 15 is 0 Å². The lowest BCUT2D eigenvalue weighted by molar-refractivity contribution is -0.134. The smallest absolute Gasteiger partial charge is 0.243 e. The van der Waals surface area contributed by atoms with Crippen molar-refractivity contribution in [2.45, 2.75) is 18.9 Å². The predicted octanol–water partition coefficient (Wildman–Crippen LogP) is 3.21. The standard InChI is InChI=1S/C21H22ClN3O2.ClH/c22-17-7-3-2-6-16(17)19-13-23-11-12-24(19)21(27)14-25-18-8-4-1-5-15(18)9-10-20(25)26;/h1-8,19,23H,9-14H2;1H. The van der Waals surface area contributed by atoms with Gasteiger partial charge in [-0.25, -0.2) is 0 Å². The van der Waals surface area contributed by atoms with E-state index in [0.717, 1.165) is 29.8 Å². The van der Waals surface area contributed by atoms with Gasteiger partial charge in [0, 0.05) is 36.8 Å². The Kier molecular flexibility index (Phi) is 6.60. The minimum atomic E-state index is -0.130. The van der Waals surface area contributed by atoms with Gasteiger partial charge in [0.2, 0.25) is 11.8 Å². The summed E-state index contributed by atoms with van der Waals surface area (Å²) in [4.78, 5) is 29.2. The van der Waals surface area contributed by atoms with Gasteiger partial charge in [-0.05, 0) is 29.7 Å². The summed E-state index contributed by atoms with van der Waals surface area (Å²) < 4.78 is 0. The number of hydrogen-bond acceptors (Lipinski definition) is 3. The second-order valence-corrected chi connectivity index (χ2v) is 7.34. The van der Waals surface area contributed by atoms with E-state index in [-0.39, 0.29) is 36.8 Å². The molecule has 2 heterocycles. The molecule has 2 aliphatic rings. The Labute approximate surface area is 176 Å². The number of piperazine rings is 1. The van der Waals surface area contributed by atoms with E-state index in [1.807, 2.05) is 53.4 Å².